The van der Waals surface area contributed by atoms with Crippen LogP contribution in [0.5, 0.6) is 0 Å². The van der Waals surface area contributed by atoms with Gasteiger partial charge in [0.25, 0.3) is 0 Å². The number of alkyl halides is 1. The Morgan fingerprint density at radius 2 is 2.14 bits per heavy atom. The van der Waals surface area contributed by atoms with E-state index in [4.69, 9.17) is 9.47 Å². The van der Waals surface area contributed by atoms with Crippen molar-refractivity contribution in [2.75, 3.05) is 13.2 Å². The van der Waals surface area contributed by atoms with Gasteiger partial charge in [-0.15, -0.1) is 0 Å². The van der Waals surface area contributed by atoms with Crippen molar-refractivity contribution in [1.82, 2.24) is 0 Å². The molecule has 0 aliphatic carbocycles. The van der Waals surface area contributed by atoms with Crippen molar-refractivity contribution >= 4 is 5.97 Å². The first-order valence-corrected chi connectivity index (χ1v) is 6.89. The van der Waals surface area contributed by atoms with E-state index in [9.17, 15) is 14.3 Å². The number of carbonyl (C=O) groups is 1. The number of epoxide rings is 1. The maximum Gasteiger partial charge on any atom is 0.343 e. The average molecular weight is 298 g/mol. The van der Waals surface area contributed by atoms with Crippen LogP contribution in [0.4, 0.5) is 4.39 Å². The van der Waals surface area contributed by atoms with Crippen LogP contribution in [0.1, 0.15) is 12.5 Å². The van der Waals surface area contributed by atoms with Crippen molar-refractivity contribution in [2.24, 2.45) is 0 Å². The molecular weight excluding hydrogens is 279 g/mol. The van der Waals surface area contributed by atoms with Gasteiger partial charge in [0.15, 0.2) is 0 Å². The maximum atomic E-state index is 13.6. The van der Waals surface area contributed by atoms with Gasteiger partial charge < -0.3 is 19.3 Å². The van der Waals surface area contributed by atoms with Crippen molar-refractivity contribution in [1.29, 1.82) is 0 Å². The van der Waals surface area contributed by atoms with Gasteiger partial charge in [0.2, 0.25) is 6.17 Å². The fourth-order valence-corrected chi connectivity index (χ4v) is 1.99. The first-order valence-electron chi connectivity index (χ1n) is 6.89. The molecule has 1 fully saturated rings. The third-order valence-electron chi connectivity index (χ3n) is 3.16. The lowest BCUT2D eigenvalue weighted by Crippen LogP contribution is -2.36. The Hall–Kier alpha value is -1.50. The molecule has 1 saturated heterocycles. The molecule has 5 nitrogen and oxygen atoms in total. The SMILES string of the molecule is CCOC(=O)[C@@H](F)[C@H](O)[C@@H]1O[C@H]1COCc1ccccc1. The fourth-order valence-electron chi connectivity index (χ4n) is 1.99. The number of ether oxygens (including phenoxy) is 3. The first kappa shape index (κ1) is 15.9. The Labute approximate surface area is 122 Å². The smallest absolute Gasteiger partial charge is 0.343 e. The van der Waals surface area contributed by atoms with Gasteiger partial charge in [-0.05, 0) is 12.5 Å². The molecule has 4 atom stereocenters. The summed E-state index contributed by atoms with van der Waals surface area (Å²) >= 11 is 0. The van der Waals surface area contributed by atoms with Crippen molar-refractivity contribution in [2.45, 2.75) is 38.0 Å². The minimum Gasteiger partial charge on any atom is -0.464 e. The summed E-state index contributed by atoms with van der Waals surface area (Å²) in [6.07, 6.45) is -4.72. The molecular formula is C15H19FO5. The lowest BCUT2D eigenvalue weighted by atomic mass is 10.1. The van der Waals surface area contributed by atoms with Crippen LogP contribution in [-0.2, 0) is 25.6 Å². The molecule has 1 N–H and O–H groups in total. The van der Waals surface area contributed by atoms with Crippen LogP contribution in [0.2, 0.25) is 0 Å². The molecule has 116 valence electrons. The summed E-state index contributed by atoms with van der Waals surface area (Å²) in [4.78, 5) is 11.2. The third kappa shape index (κ3) is 4.49. The number of esters is 1. The van der Waals surface area contributed by atoms with Gasteiger partial charge in [-0.2, -0.15) is 0 Å². The summed E-state index contributed by atoms with van der Waals surface area (Å²) in [5.74, 6) is -1.07. The Morgan fingerprint density at radius 3 is 2.81 bits per heavy atom. The fraction of sp³-hybridized carbons (Fsp3) is 0.533. The van der Waals surface area contributed by atoms with Gasteiger partial charge in [-0.3, -0.25) is 0 Å². The third-order valence-corrected chi connectivity index (χ3v) is 3.16. The molecule has 1 aliphatic rings. The zero-order valence-electron chi connectivity index (χ0n) is 11.8. The summed E-state index contributed by atoms with van der Waals surface area (Å²) in [5, 5.41) is 9.68. The summed E-state index contributed by atoms with van der Waals surface area (Å²) in [6, 6.07) is 9.59. The molecule has 0 amide bonds. The second kappa shape index (κ2) is 7.49. The van der Waals surface area contributed by atoms with Gasteiger partial charge in [-0.1, -0.05) is 30.3 Å². The highest BCUT2D eigenvalue weighted by molar-refractivity contribution is 5.75. The van der Waals surface area contributed by atoms with E-state index in [-0.39, 0.29) is 13.2 Å². The van der Waals surface area contributed by atoms with Crippen LogP contribution in [0.3, 0.4) is 0 Å². The predicted octanol–water partition coefficient (Wildman–Crippen LogP) is 1.23. The van der Waals surface area contributed by atoms with Gasteiger partial charge in [0.1, 0.15) is 18.3 Å². The molecule has 21 heavy (non-hydrogen) atoms. The number of halogens is 1. The topological polar surface area (TPSA) is 68.3 Å². The highest BCUT2D eigenvalue weighted by Gasteiger charge is 2.49. The van der Waals surface area contributed by atoms with E-state index in [0.717, 1.165) is 5.56 Å². The standard InChI is InChI=1S/C15H19FO5/c1-2-20-15(18)12(16)13(17)14-11(21-14)9-19-8-10-6-4-3-5-7-10/h3-7,11-14,17H,2,8-9H2,1H3/t11-,12-,13-,14+/m0/s1. The maximum absolute atomic E-state index is 13.6. The zero-order chi connectivity index (χ0) is 15.2. The van der Waals surface area contributed by atoms with Crippen LogP contribution in [-0.4, -0.2) is 48.8 Å². The van der Waals surface area contributed by atoms with Crippen LogP contribution in [0.15, 0.2) is 30.3 Å². The van der Waals surface area contributed by atoms with Crippen LogP contribution in [0.25, 0.3) is 0 Å². The summed E-state index contributed by atoms with van der Waals surface area (Å²) in [7, 11) is 0. The van der Waals surface area contributed by atoms with E-state index in [1.54, 1.807) is 6.92 Å². The molecule has 0 saturated carbocycles. The molecule has 6 heteroatoms. The second-order valence-corrected chi connectivity index (χ2v) is 4.78. The largest absolute Gasteiger partial charge is 0.464 e. The van der Waals surface area contributed by atoms with Crippen LogP contribution in [0, 0.1) is 0 Å². The Balaban J connectivity index is 1.68. The number of hydrogen-bond acceptors (Lipinski definition) is 5. The van der Waals surface area contributed by atoms with E-state index < -0.39 is 30.5 Å². The minimum absolute atomic E-state index is 0.0705. The normalized spacial score (nSPS) is 23.4. The quantitative estimate of drug-likeness (QED) is 0.577. The Bertz CT molecular complexity index is 453. The van der Waals surface area contributed by atoms with Gasteiger partial charge in [0.05, 0.1) is 19.8 Å². The molecule has 0 unspecified atom stereocenters. The van der Waals surface area contributed by atoms with Crippen LogP contribution >= 0.6 is 0 Å². The van der Waals surface area contributed by atoms with Crippen molar-refractivity contribution < 1.29 is 28.5 Å². The van der Waals surface area contributed by atoms with E-state index in [0.29, 0.717) is 6.61 Å². The number of hydrogen-bond donors (Lipinski definition) is 1. The van der Waals surface area contributed by atoms with E-state index in [1.807, 2.05) is 30.3 Å². The van der Waals surface area contributed by atoms with E-state index >= 15 is 0 Å². The molecule has 0 spiro atoms. The summed E-state index contributed by atoms with van der Waals surface area (Å²) in [5.41, 5.74) is 1.02. The first-order chi connectivity index (χ1) is 10.1. The Morgan fingerprint density at radius 1 is 1.43 bits per heavy atom. The molecule has 0 radical (unpaired) electrons. The molecule has 0 aromatic heterocycles. The number of carbonyl (C=O) groups excluding carboxylic acids is 1. The van der Waals surface area contributed by atoms with Crippen molar-refractivity contribution in [3.8, 4) is 0 Å². The molecule has 1 aliphatic heterocycles. The van der Waals surface area contributed by atoms with Crippen molar-refractivity contribution in [3.05, 3.63) is 35.9 Å². The minimum atomic E-state index is -2.09. The number of benzene rings is 1. The van der Waals surface area contributed by atoms with E-state index in [1.165, 1.54) is 0 Å². The highest BCUT2D eigenvalue weighted by atomic mass is 19.1. The Kier molecular flexibility index (Phi) is 5.67. The summed E-state index contributed by atoms with van der Waals surface area (Å²) < 4.78 is 28.7. The lowest BCUT2D eigenvalue weighted by Gasteiger charge is -2.12. The average Bonchev–Trinajstić information content (AvgIpc) is 3.26. The highest BCUT2D eigenvalue weighted by Crippen LogP contribution is 2.29. The monoisotopic (exact) mass is 298 g/mol. The van der Waals surface area contributed by atoms with Crippen molar-refractivity contribution in [3.63, 3.8) is 0 Å². The van der Waals surface area contributed by atoms with Gasteiger partial charge >= 0.3 is 5.97 Å². The number of aliphatic hydroxyl groups is 1. The number of aliphatic hydroxyl groups excluding tert-OH is 1. The van der Waals surface area contributed by atoms with E-state index in [2.05, 4.69) is 4.74 Å². The predicted molar refractivity (Wildman–Crippen MR) is 72.3 cm³/mol. The molecule has 1 heterocycles. The summed E-state index contributed by atoms with van der Waals surface area (Å²) in [6.45, 7) is 2.30. The van der Waals surface area contributed by atoms with Gasteiger partial charge in [0, 0.05) is 0 Å². The number of rotatable bonds is 8. The van der Waals surface area contributed by atoms with Gasteiger partial charge in [-0.25, -0.2) is 9.18 Å². The van der Waals surface area contributed by atoms with Crippen LogP contribution < -0.4 is 0 Å². The lowest BCUT2D eigenvalue weighted by molar-refractivity contribution is -0.154. The second-order valence-electron chi connectivity index (χ2n) is 4.78. The molecule has 2 rings (SSSR count). The molecule has 0 bridgehead atoms. The zero-order valence-corrected chi connectivity index (χ0v) is 11.8. The molecule has 1 aromatic carbocycles. The molecule has 1 aromatic rings.